The van der Waals surface area contributed by atoms with Crippen LogP contribution in [0, 0.1) is 11.3 Å². The molecule has 1 aromatic rings. The normalized spacial score (nSPS) is 9.83. The van der Waals surface area contributed by atoms with E-state index in [2.05, 4.69) is 11.4 Å². The van der Waals surface area contributed by atoms with Gasteiger partial charge in [-0.25, -0.2) is 0 Å². The summed E-state index contributed by atoms with van der Waals surface area (Å²) in [5, 5.41) is 11.9. The third-order valence-electron chi connectivity index (χ3n) is 2.78. The number of nitrogens with zero attached hydrogens (tertiary/aromatic N) is 2. The van der Waals surface area contributed by atoms with Crippen molar-refractivity contribution >= 4 is 5.91 Å². The molecule has 0 saturated heterocycles. The summed E-state index contributed by atoms with van der Waals surface area (Å²) in [6, 6.07) is 9.49. The first-order valence-electron chi connectivity index (χ1n) is 6.18. The zero-order valence-electron chi connectivity index (χ0n) is 10.9. The Labute approximate surface area is 108 Å². The van der Waals surface area contributed by atoms with E-state index in [0.717, 1.165) is 18.7 Å². The Kier molecular flexibility index (Phi) is 5.89. The third kappa shape index (κ3) is 4.19. The van der Waals surface area contributed by atoms with E-state index < -0.39 is 0 Å². The van der Waals surface area contributed by atoms with Gasteiger partial charge in [0.1, 0.15) is 0 Å². The maximum Gasteiger partial charge on any atom is 0.236 e. The van der Waals surface area contributed by atoms with E-state index in [1.54, 1.807) is 11.0 Å². The van der Waals surface area contributed by atoms with Crippen LogP contribution in [-0.2, 0) is 11.3 Å². The fourth-order valence-electron chi connectivity index (χ4n) is 1.75. The second-order valence-electron chi connectivity index (χ2n) is 3.98. The number of likely N-dealkylation sites (N-methyl/N-ethyl adjacent to an activating group) is 1. The van der Waals surface area contributed by atoms with Crippen LogP contribution in [-0.4, -0.2) is 30.4 Å². The van der Waals surface area contributed by atoms with Crippen LogP contribution in [0.25, 0.3) is 0 Å². The van der Waals surface area contributed by atoms with E-state index in [0.29, 0.717) is 18.7 Å². The summed E-state index contributed by atoms with van der Waals surface area (Å²) in [4.78, 5) is 13.5. The SMILES string of the molecule is CCN(CC)C(=O)CNCc1cccc(C#N)c1. The van der Waals surface area contributed by atoms with Gasteiger partial charge in [-0.15, -0.1) is 0 Å². The van der Waals surface area contributed by atoms with Crippen molar-refractivity contribution in [2.24, 2.45) is 0 Å². The highest BCUT2D eigenvalue weighted by Gasteiger charge is 2.08. The van der Waals surface area contributed by atoms with Crippen LogP contribution < -0.4 is 5.32 Å². The zero-order chi connectivity index (χ0) is 13.4. The average molecular weight is 245 g/mol. The minimum atomic E-state index is 0.108. The quantitative estimate of drug-likeness (QED) is 0.826. The van der Waals surface area contributed by atoms with Crippen LogP contribution in [0.1, 0.15) is 25.0 Å². The Hall–Kier alpha value is -1.86. The molecule has 1 aromatic carbocycles. The van der Waals surface area contributed by atoms with Crippen LogP contribution in [0.2, 0.25) is 0 Å². The highest BCUT2D eigenvalue weighted by Crippen LogP contribution is 2.03. The van der Waals surface area contributed by atoms with Gasteiger partial charge in [0.2, 0.25) is 5.91 Å². The first-order chi connectivity index (χ1) is 8.71. The van der Waals surface area contributed by atoms with Crippen LogP contribution in [0.15, 0.2) is 24.3 Å². The summed E-state index contributed by atoms with van der Waals surface area (Å²) in [7, 11) is 0. The molecule has 0 radical (unpaired) electrons. The van der Waals surface area contributed by atoms with Gasteiger partial charge >= 0.3 is 0 Å². The number of nitrogens with one attached hydrogen (secondary N) is 1. The van der Waals surface area contributed by atoms with Crippen molar-refractivity contribution in [1.29, 1.82) is 5.26 Å². The molecular formula is C14H19N3O. The molecule has 0 aliphatic heterocycles. The van der Waals surface area contributed by atoms with Crippen molar-refractivity contribution < 1.29 is 4.79 Å². The van der Waals surface area contributed by atoms with Crippen molar-refractivity contribution in [3.8, 4) is 6.07 Å². The molecule has 0 bridgehead atoms. The van der Waals surface area contributed by atoms with E-state index in [1.807, 2.05) is 32.0 Å². The molecule has 18 heavy (non-hydrogen) atoms. The van der Waals surface area contributed by atoms with Gasteiger partial charge in [0.05, 0.1) is 18.2 Å². The molecule has 1 amide bonds. The molecule has 0 unspecified atom stereocenters. The van der Waals surface area contributed by atoms with Crippen LogP contribution in [0.4, 0.5) is 0 Å². The molecule has 1 N–H and O–H groups in total. The van der Waals surface area contributed by atoms with Gasteiger partial charge in [-0.3, -0.25) is 4.79 Å². The van der Waals surface area contributed by atoms with E-state index in [9.17, 15) is 4.79 Å². The van der Waals surface area contributed by atoms with Crippen molar-refractivity contribution in [3.63, 3.8) is 0 Å². The number of hydrogen-bond donors (Lipinski definition) is 1. The molecule has 4 nitrogen and oxygen atoms in total. The van der Waals surface area contributed by atoms with Gasteiger partial charge < -0.3 is 10.2 Å². The Morgan fingerprint density at radius 3 is 2.72 bits per heavy atom. The molecule has 96 valence electrons. The van der Waals surface area contributed by atoms with Crippen molar-refractivity contribution in [2.45, 2.75) is 20.4 Å². The minimum Gasteiger partial charge on any atom is -0.342 e. The molecule has 0 aliphatic carbocycles. The summed E-state index contributed by atoms with van der Waals surface area (Å²) in [6.45, 7) is 6.35. The topological polar surface area (TPSA) is 56.1 Å². The number of carbonyl (C=O) groups excluding carboxylic acids is 1. The van der Waals surface area contributed by atoms with Gasteiger partial charge in [-0.2, -0.15) is 5.26 Å². The summed E-state index contributed by atoms with van der Waals surface area (Å²) >= 11 is 0. The number of rotatable bonds is 6. The molecule has 0 aromatic heterocycles. The van der Waals surface area contributed by atoms with E-state index in [4.69, 9.17) is 5.26 Å². The smallest absolute Gasteiger partial charge is 0.236 e. The van der Waals surface area contributed by atoms with Crippen LogP contribution in [0.3, 0.4) is 0 Å². The Morgan fingerprint density at radius 1 is 1.39 bits per heavy atom. The minimum absolute atomic E-state index is 0.108. The summed E-state index contributed by atoms with van der Waals surface area (Å²) in [5.74, 6) is 0.108. The number of amides is 1. The maximum atomic E-state index is 11.7. The lowest BCUT2D eigenvalue weighted by Crippen LogP contribution is -2.37. The van der Waals surface area contributed by atoms with Gasteiger partial charge in [0.15, 0.2) is 0 Å². The largest absolute Gasteiger partial charge is 0.342 e. The van der Waals surface area contributed by atoms with Crippen molar-refractivity contribution in [2.75, 3.05) is 19.6 Å². The number of nitriles is 1. The second-order valence-corrected chi connectivity index (χ2v) is 3.98. The van der Waals surface area contributed by atoms with Crippen molar-refractivity contribution in [3.05, 3.63) is 35.4 Å². The van der Waals surface area contributed by atoms with Crippen LogP contribution >= 0.6 is 0 Å². The predicted molar refractivity (Wildman–Crippen MR) is 70.8 cm³/mol. The van der Waals surface area contributed by atoms with E-state index in [-0.39, 0.29) is 5.91 Å². The molecule has 0 heterocycles. The summed E-state index contributed by atoms with van der Waals surface area (Å²) in [5.41, 5.74) is 1.66. The molecule has 0 aliphatic rings. The number of carbonyl (C=O) groups is 1. The number of benzene rings is 1. The Balaban J connectivity index is 2.42. The van der Waals surface area contributed by atoms with Gasteiger partial charge in [0.25, 0.3) is 0 Å². The van der Waals surface area contributed by atoms with E-state index >= 15 is 0 Å². The first-order valence-corrected chi connectivity index (χ1v) is 6.18. The molecule has 0 atom stereocenters. The van der Waals surface area contributed by atoms with Crippen LogP contribution in [0.5, 0.6) is 0 Å². The lowest BCUT2D eigenvalue weighted by molar-refractivity contribution is -0.129. The highest BCUT2D eigenvalue weighted by atomic mass is 16.2. The molecule has 0 spiro atoms. The third-order valence-corrected chi connectivity index (χ3v) is 2.78. The Morgan fingerprint density at radius 2 is 2.11 bits per heavy atom. The molecule has 4 heteroatoms. The predicted octanol–water partition coefficient (Wildman–Crippen LogP) is 1.52. The molecule has 0 saturated carbocycles. The molecule has 0 fully saturated rings. The first kappa shape index (κ1) is 14.2. The standard InChI is InChI=1S/C14H19N3O/c1-3-17(4-2)14(18)11-16-10-13-7-5-6-12(8-13)9-15/h5-8,16H,3-4,10-11H2,1-2H3. The summed E-state index contributed by atoms with van der Waals surface area (Å²) < 4.78 is 0. The maximum absolute atomic E-state index is 11.7. The highest BCUT2D eigenvalue weighted by molar-refractivity contribution is 5.78. The second kappa shape index (κ2) is 7.46. The summed E-state index contributed by atoms with van der Waals surface area (Å²) in [6.07, 6.45) is 0. The average Bonchev–Trinajstić information content (AvgIpc) is 2.40. The van der Waals surface area contributed by atoms with Gasteiger partial charge in [0, 0.05) is 19.6 Å². The Bertz CT molecular complexity index is 433. The van der Waals surface area contributed by atoms with Crippen molar-refractivity contribution in [1.82, 2.24) is 10.2 Å². The fourth-order valence-corrected chi connectivity index (χ4v) is 1.75. The van der Waals surface area contributed by atoms with Gasteiger partial charge in [-0.05, 0) is 31.5 Å². The lowest BCUT2D eigenvalue weighted by atomic mass is 10.1. The molecule has 1 rings (SSSR count). The zero-order valence-corrected chi connectivity index (χ0v) is 10.9. The lowest BCUT2D eigenvalue weighted by Gasteiger charge is -2.18. The van der Waals surface area contributed by atoms with E-state index in [1.165, 1.54) is 0 Å². The monoisotopic (exact) mass is 245 g/mol. The van der Waals surface area contributed by atoms with Gasteiger partial charge in [-0.1, -0.05) is 12.1 Å². The number of hydrogen-bond acceptors (Lipinski definition) is 3. The molecular weight excluding hydrogens is 226 g/mol. The fraction of sp³-hybridized carbons (Fsp3) is 0.429.